The summed E-state index contributed by atoms with van der Waals surface area (Å²) >= 11 is 0. The highest BCUT2D eigenvalue weighted by Crippen LogP contribution is 2.38. The summed E-state index contributed by atoms with van der Waals surface area (Å²) in [7, 11) is 0. The molecule has 140 valence electrons. The molecule has 0 aliphatic heterocycles. The van der Waals surface area contributed by atoms with Crippen LogP contribution < -0.4 is 0 Å². The third-order valence-electron chi connectivity index (χ3n) is 6.41. The van der Waals surface area contributed by atoms with E-state index in [1.165, 1.54) is 36.8 Å². The highest BCUT2D eigenvalue weighted by atomic mass is 19.1. The number of hydrogen-bond donors (Lipinski definition) is 0. The molecule has 1 fully saturated rings. The molecule has 1 heteroatoms. The molecule has 2 aromatic rings. The Kier molecular flexibility index (Phi) is 5.29. The summed E-state index contributed by atoms with van der Waals surface area (Å²) in [6.45, 7) is 4.42. The van der Waals surface area contributed by atoms with Crippen molar-refractivity contribution in [2.45, 2.75) is 57.8 Å². The molecule has 0 N–H and O–H groups in total. The Labute approximate surface area is 162 Å². The SMILES string of the molecule is Cc1ccc(C2CC=C(c3ccc(C4CCC(C)CC4)cc3)C=C2F)cc1. The minimum atomic E-state index is -0.141. The van der Waals surface area contributed by atoms with Gasteiger partial charge in [-0.15, -0.1) is 0 Å². The fraction of sp³-hybridized carbons (Fsp3) is 0.385. The van der Waals surface area contributed by atoms with Crippen molar-refractivity contribution in [3.05, 3.63) is 88.8 Å². The molecule has 2 aliphatic rings. The van der Waals surface area contributed by atoms with E-state index in [-0.39, 0.29) is 11.7 Å². The molecule has 0 aromatic heterocycles. The van der Waals surface area contributed by atoms with Gasteiger partial charge < -0.3 is 0 Å². The molecule has 0 heterocycles. The average Bonchev–Trinajstić information content (AvgIpc) is 2.69. The Hall–Kier alpha value is -2.15. The van der Waals surface area contributed by atoms with Crippen LogP contribution in [0.4, 0.5) is 4.39 Å². The Morgan fingerprint density at radius 2 is 1.44 bits per heavy atom. The van der Waals surface area contributed by atoms with Gasteiger partial charge in [0.15, 0.2) is 0 Å². The molecule has 27 heavy (non-hydrogen) atoms. The van der Waals surface area contributed by atoms with Gasteiger partial charge in [-0.2, -0.15) is 0 Å². The first kappa shape index (κ1) is 18.2. The van der Waals surface area contributed by atoms with Gasteiger partial charge >= 0.3 is 0 Å². The lowest BCUT2D eigenvalue weighted by Gasteiger charge is -2.26. The second-order valence-corrected chi connectivity index (χ2v) is 8.47. The summed E-state index contributed by atoms with van der Waals surface area (Å²) in [4.78, 5) is 0. The zero-order valence-corrected chi connectivity index (χ0v) is 16.4. The van der Waals surface area contributed by atoms with Crippen LogP contribution in [0.25, 0.3) is 5.57 Å². The van der Waals surface area contributed by atoms with Gasteiger partial charge in [0, 0.05) is 5.92 Å². The van der Waals surface area contributed by atoms with Crippen LogP contribution in [0.2, 0.25) is 0 Å². The second kappa shape index (κ2) is 7.84. The van der Waals surface area contributed by atoms with Crippen LogP contribution in [-0.4, -0.2) is 0 Å². The van der Waals surface area contributed by atoms with Gasteiger partial charge in [0.2, 0.25) is 0 Å². The van der Waals surface area contributed by atoms with Crippen molar-refractivity contribution in [3.8, 4) is 0 Å². The largest absolute Gasteiger partial charge is 0.211 e. The molecular weight excluding hydrogens is 331 g/mol. The van der Waals surface area contributed by atoms with Crippen molar-refractivity contribution in [2.75, 3.05) is 0 Å². The lowest BCUT2D eigenvalue weighted by molar-refractivity contribution is 0.348. The normalized spacial score (nSPS) is 25.7. The van der Waals surface area contributed by atoms with E-state index in [9.17, 15) is 4.39 Å². The Morgan fingerprint density at radius 1 is 0.815 bits per heavy atom. The molecule has 4 rings (SSSR count). The molecule has 0 radical (unpaired) electrons. The third-order valence-corrected chi connectivity index (χ3v) is 6.41. The topological polar surface area (TPSA) is 0 Å². The molecule has 0 amide bonds. The van der Waals surface area contributed by atoms with Gasteiger partial charge in [0.05, 0.1) is 0 Å². The number of aryl methyl sites for hydroxylation is 1. The van der Waals surface area contributed by atoms with Crippen molar-refractivity contribution in [3.63, 3.8) is 0 Å². The first-order valence-corrected chi connectivity index (χ1v) is 10.3. The standard InChI is InChI=1S/C26H29F/c1-18-3-7-20(8-4-18)21-11-13-22(14-12-21)24-15-16-25(26(27)17-24)23-9-5-19(2)6-10-23/h5-6,9-15,17-18,20,25H,3-4,7-8,16H2,1-2H3. The minimum Gasteiger partial charge on any atom is -0.211 e. The number of allylic oxidation sites excluding steroid dienone is 4. The molecular formula is C26H29F. The van der Waals surface area contributed by atoms with Gasteiger partial charge in [-0.25, -0.2) is 4.39 Å². The van der Waals surface area contributed by atoms with Gasteiger partial charge in [-0.3, -0.25) is 0 Å². The maximum Gasteiger partial charge on any atom is 0.108 e. The maximum atomic E-state index is 14.8. The summed E-state index contributed by atoms with van der Waals surface area (Å²) < 4.78 is 14.8. The fourth-order valence-corrected chi connectivity index (χ4v) is 4.50. The fourth-order valence-electron chi connectivity index (χ4n) is 4.50. The second-order valence-electron chi connectivity index (χ2n) is 8.47. The van der Waals surface area contributed by atoms with Crippen LogP contribution in [0.3, 0.4) is 0 Å². The zero-order valence-electron chi connectivity index (χ0n) is 16.4. The van der Waals surface area contributed by atoms with E-state index >= 15 is 0 Å². The first-order chi connectivity index (χ1) is 13.1. The molecule has 0 saturated heterocycles. The van der Waals surface area contributed by atoms with Gasteiger partial charge in [-0.1, -0.05) is 79.9 Å². The lowest BCUT2D eigenvalue weighted by Crippen LogP contribution is -2.10. The van der Waals surface area contributed by atoms with Crippen LogP contribution >= 0.6 is 0 Å². The van der Waals surface area contributed by atoms with Crippen molar-refractivity contribution in [1.82, 2.24) is 0 Å². The summed E-state index contributed by atoms with van der Waals surface area (Å²) in [5.41, 5.74) is 5.86. The van der Waals surface area contributed by atoms with Crippen molar-refractivity contribution >= 4 is 5.57 Å². The number of benzene rings is 2. The van der Waals surface area contributed by atoms with Crippen molar-refractivity contribution in [1.29, 1.82) is 0 Å². The Bertz CT molecular complexity index is 831. The van der Waals surface area contributed by atoms with E-state index in [2.05, 4.69) is 56.3 Å². The molecule has 0 nitrogen and oxygen atoms in total. The van der Waals surface area contributed by atoms with Crippen molar-refractivity contribution < 1.29 is 4.39 Å². The molecule has 0 spiro atoms. The highest BCUT2D eigenvalue weighted by Gasteiger charge is 2.22. The molecule has 1 unspecified atom stereocenters. The Morgan fingerprint density at radius 3 is 2.07 bits per heavy atom. The van der Waals surface area contributed by atoms with E-state index in [0.717, 1.165) is 29.0 Å². The average molecular weight is 361 g/mol. The van der Waals surface area contributed by atoms with Crippen LogP contribution in [0.5, 0.6) is 0 Å². The molecule has 1 atom stereocenters. The molecule has 1 saturated carbocycles. The predicted octanol–water partition coefficient (Wildman–Crippen LogP) is 7.71. The summed E-state index contributed by atoms with van der Waals surface area (Å²) in [6.07, 6.45) is 9.92. The van der Waals surface area contributed by atoms with Gasteiger partial charge in [-0.05, 0) is 66.4 Å². The zero-order chi connectivity index (χ0) is 18.8. The first-order valence-electron chi connectivity index (χ1n) is 10.3. The summed E-state index contributed by atoms with van der Waals surface area (Å²) in [5, 5.41) is 0. The molecule has 2 aliphatic carbocycles. The maximum absolute atomic E-state index is 14.8. The minimum absolute atomic E-state index is 0.0262. The molecule has 2 aromatic carbocycles. The van der Waals surface area contributed by atoms with E-state index in [4.69, 9.17) is 0 Å². The van der Waals surface area contributed by atoms with E-state index in [1.807, 2.05) is 12.1 Å². The summed E-state index contributed by atoms with van der Waals surface area (Å²) in [5.74, 6) is 1.41. The van der Waals surface area contributed by atoms with E-state index in [0.29, 0.717) is 5.92 Å². The Balaban J connectivity index is 1.47. The van der Waals surface area contributed by atoms with Gasteiger partial charge in [0.1, 0.15) is 5.83 Å². The van der Waals surface area contributed by atoms with Crippen LogP contribution in [-0.2, 0) is 0 Å². The number of rotatable bonds is 3. The van der Waals surface area contributed by atoms with Crippen LogP contribution in [0.1, 0.15) is 73.1 Å². The summed E-state index contributed by atoms with van der Waals surface area (Å²) in [6, 6.07) is 17.1. The van der Waals surface area contributed by atoms with Gasteiger partial charge in [0.25, 0.3) is 0 Å². The molecule has 0 bridgehead atoms. The quantitative estimate of drug-likeness (QED) is 0.526. The third kappa shape index (κ3) is 4.08. The monoisotopic (exact) mass is 360 g/mol. The smallest absolute Gasteiger partial charge is 0.108 e. The lowest BCUT2D eigenvalue weighted by atomic mass is 9.79. The number of hydrogen-bond acceptors (Lipinski definition) is 0. The highest BCUT2D eigenvalue weighted by molar-refractivity contribution is 5.76. The van der Waals surface area contributed by atoms with Crippen LogP contribution in [0, 0.1) is 12.8 Å². The predicted molar refractivity (Wildman–Crippen MR) is 113 cm³/mol. The van der Waals surface area contributed by atoms with E-state index < -0.39 is 0 Å². The van der Waals surface area contributed by atoms with Crippen molar-refractivity contribution in [2.24, 2.45) is 5.92 Å². The van der Waals surface area contributed by atoms with E-state index in [1.54, 1.807) is 6.08 Å². The van der Waals surface area contributed by atoms with Crippen LogP contribution in [0.15, 0.2) is 66.5 Å². The number of halogens is 1.